The van der Waals surface area contributed by atoms with Gasteiger partial charge in [0, 0.05) is 14.3 Å². The molecule has 4 nitrogen and oxygen atoms in total. The first-order valence-corrected chi connectivity index (χ1v) is 6.10. The van der Waals surface area contributed by atoms with Gasteiger partial charge in [-0.25, -0.2) is 0 Å². The maximum atomic E-state index is 8.60. The number of nitriles is 1. The summed E-state index contributed by atoms with van der Waals surface area (Å²) in [6, 6.07) is 2.19. The lowest BCUT2D eigenvalue weighted by atomic mass is 9.85. The van der Waals surface area contributed by atoms with Crippen molar-refractivity contribution in [1.29, 1.82) is 5.26 Å². The van der Waals surface area contributed by atoms with Crippen LogP contribution < -0.4 is 0 Å². The van der Waals surface area contributed by atoms with Gasteiger partial charge < -0.3 is 14.2 Å². The van der Waals surface area contributed by atoms with Crippen LogP contribution >= 0.6 is 0 Å². The molecule has 4 heteroatoms. The molecule has 16 heavy (non-hydrogen) atoms. The van der Waals surface area contributed by atoms with E-state index in [0.29, 0.717) is 19.6 Å². The molecule has 0 radical (unpaired) electrons. The van der Waals surface area contributed by atoms with Gasteiger partial charge >= 0.3 is 0 Å². The quantitative estimate of drug-likeness (QED) is 0.717. The SMILES string of the molecule is N#CCC[C@H]1CCC2OC3COC[C@@]2(C3)O1.[HH]. The Hall–Kier alpha value is -0.630. The minimum absolute atomic E-state index is 0. The molecule has 0 aliphatic carbocycles. The van der Waals surface area contributed by atoms with Gasteiger partial charge in [0.2, 0.25) is 0 Å². The Morgan fingerprint density at radius 3 is 3.25 bits per heavy atom. The standard InChI is InChI=1S/C12H17NO3.H2/c13-5-1-2-9-3-4-11-12(16-9)6-10(15-11)7-14-8-12;/h9-11H,1-4,6-8H2;1H/t9-,10?,11?,12+;/m0./s1. The molecule has 3 heterocycles. The van der Waals surface area contributed by atoms with Gasteiger partial charge in [0.15, 0.2) is 0 Å². The van der Waals surface area contributed by atoms with Crippen LogP contribution in [0.15, 0.2) is 0 Å². The third-order valence-electron chi connectivity index (χ3n) is 3.90. The average Bonchev–Trinajstić information content (AvgIpc) is 2.55. The van der Waals surface area contributed by atoms with Crippen LogP contribution in [-0.2, 0) is 14.2 Å². The maximum absolute atomic E-state index is 8.60. The molecule has 3 rings (SSSR count). The first kappa shape index (κ1) is 10.5. The van der Waals surface area contributed by atoms with Crippen molar-refractivity contribution in [3.8, 4) is 6.07 Å². The van der Waals surface area contributed by atoms with Crippen LogP contribution in [0.5, 0.6) is 0 Å². The summed E-state index contributed by atoms with van der Waals surface area (Å²) < 4.78 is 17.6. The lowest BCUT2D eigenvalue weighted by molar-refractivity contribution is -0.184. The Labute approximate surface area is 97.0 Å². The van der Waals surface area contributed by atoms with E-state index in [4.69, 9.17) is 19.5 Å². The predicted octanol–water partition coefficient (Wildman–Crippen LogP) is 1.64. The van der Waals surface area contributed by atoms with E-state index < -0.39 is 0 Å². The lowest BCUT2D eigenvalue weighted by Crippen LogP contribution is -2.52. The van der Waals surface area contributed by atoms with Gasteiger partial charge in [-0.1, -0.05) is 0 Å². The lowest BCUT2D eigenvalue weighted by Gasteiger charge is -2.42. The average molecular weight is 225 g/mol. The van der Waals surface area contributed by atoms with E-state index in [2.05, 4.69) is 6.07 Å². The fourth-order valence-electron chi connectivity index (χ4n) is 3.18. The molecule has 1 spiro atoms. The van der Waals surface area contributed by atoms with Gasteiger partial charge in [-0.3, -0.25) is 0 Å². The van der Waals surface area contributed by atoms with Crippen LogP contribution in [0.25, 0.3) is 0 Å². The maximum Gasteiger partial charge on any atom is 0.120 e. The molecule has 90 valence electrons. The van der Waals surface area contributed by atoms with E-state index in [1.165, 1.54) is 0 Å². The largest absolute Gasteiger partial charge is 0.376 e. The Morgan fingerprint density at radius 1 is 1.44 bits per heavy atom. The second kappa shape index (κ2) is 3.99. The molecule has 2 unspecified atom stereocenters. The predicted molar refractivity (Wildman–Crippen MR) is 57.9 cm³/mol. The summed E-state index contributed by atoms with van der Waals surface area (Å²) in [6.45, 7) is 1.38. The second-order valence-electron chi connectivity index (χ2n) is 5.04. The van der Waals surface area contributed by atoms with Gasteiger partial charge in [0.05, 0.1) is 37.6 Å². The van der Waals surface area contributed by atoms with Crippen LogP contribution in [0.2, 0.25) is 0 Å². The molecule has 4 atom stereocenters. The van der Waals surface area contributed by atoms with Crippen LogP contribution in [0, 0.1) is 11.3 Å². The monoisotopic (exact) mass is 225 g/mol. The van der Waals surface area contributed by atoms with Crippen molar-refractivity contribution in [2.45, 2.75) is 56.0 Å². The highest BCUT2D eigenvalue weighted by molar-refractivity contribution is 5.03. The number of ether oxygens (including phenoxy) is 3. The highest BCUT2D eigenvalue weighted by Gasteiger charge is 2.55. The first-order valence-electron chi connectivity index (χ1n) is 6.10. The van der Waals surface area contributed by atoms with Crippen LogP contribution in [0.4, 0.5) is 0 Å². The van der Waals surface area contributed by atoms with Crippen molar-refractivity contribution < 1.29 is 15.6 Å². The van der Waals surface area contributed by atoms with Gasteiger partial charge in [-0.2, -0.15) is 5.26 Å². The van der Waals surface area contributed by atoms with Crippen molar-refractivity contribution in [2.24, 2.45) is 0 Å². The summed E-state index contributed by atoms with van der Waals surface area (Å²) in [5, 5.41) is 8.60. The molecule has 3 aliphatic rings. The molecule has 0 N–H and O–H groups in total. The third kappa shape index (κ3) is 1.64. The van der Waals surface area contributed by atoms with E-state index in [1.807, 2.05) is 0 Å². The van der Waals surface area contributed by atoms with Gasteiger partial charge in [0.25, 0.3) is 0 Å². The summed E-state index contributed by atoms with van der Waals surface area (Å²) in [5.41, 5.74) is -0.193. The summed E-state index contributed by atoms with van der Waals surface area (Å²) in [7, 11) is 0. The van der Waals surface area contributed by atoms with E-state index in [-0.39, 0.29) is 25.3 Å². The Bertz CT molecular complexity index is 319. The minimum atomic E-state index is -0.193. The zero-order valence-electron chi connectivity index (χ0n) is 9.35. The minimum Gasteiger partial charge on any atom is -0.376 e. The smallest absolute Gasteiger partial charge is 0.120 e. The summed E-state index contributed by atoms with van der Waals surface area (Å²) >= 11 is 0. The number of nitrogens with zero attached hydrogens (tertiary/aromatic N) is 1. The molecule has 3 fully saturated rings. The van der Waals surface area contributed by atoms with Crippen molar-refractivity contribution in [1.82, 2.24) is 0 Å². The van der Waals surface area contributed by atoms with Gasteiger partial charge in [0.1, 0.15) is 5.60 Å². The highest BCUT2D eigenvalue weighted by Crippen LogP contribution is 2.44. The molecule has 0 aromatic rings. The molecular formula is C12H19NO3. The Morgan fingerprint density at radius 2 is 2.38 bits per heavy atom. The molecule has 3 aliphatic heterocycles. The van der Waals surface area contributed by atoms with E-state index in [1.54, 1.807) is 0 Å². The van der Waals surface area contributed by atoms with Crippen molar-refractivity contribution in [3.63, 3.8) is 0 Å². The topological polar surface area (TPSA) is 51.5 Å². The van der Waals surface area contributed by atoms with Crippen LogP contribution in [0.3, 0.4) is 0 Å². The number of rotatable bonds is 2. The van der Waals surface area contributed by atoms with Crippen LogP contribution in [-0.4, -0.2) is 37.1 Å². The van der Waals surface area contributed by atoms with Gasteiger partial charge in [-0.05, 0) is 19.3 Å². The zero-order valence-corrected chi connectivity index (χ0v) is 9.35. The molecule has 0 aromatic heterocycles. The van der Waals surface area contributed by atoms with E-state index in [9.17, 15) is 0 Å². The number of fused-ring (bicyclic) bond motifs is 1. The Kier molecular flexibility index (Phi) is 2.62. The van der Waals surface area contributed by atoms with Crippen molar-refractivity contribution in [3.05, 3.63) is 0 Å². The highest BCUT2D eigenvalue weighted by atomic mass is 16.6. The first-order chi connectivity index (χ1) is 7.82. The molecular weight excluding hydrogens is 206 g/mol. The van der Waals surface area contributed by atoms with Gasteiger partial charge in [-0.15, -0.1) is 0 Å². The summed E-state index contributed by atoms with van der Waals surface area (Å²) in [5.74, 6) is 0. The molecule has 2 bridgehead atoms. The summed E-state index contributed by atoms with van der Waals surface area (Å²) in [6.07, 6.45) is 5.13. The molecule has 0 saturated carbocycles. The fraction of sp³-hybridized carbons (Fsp3) is 0.917. The van der Waals surface area contributed by atoms with Crippen LogP contribution in [0.1, 0.15) is 33.5 Å². The second-order valence-corrected chi connectivity index (χ2v) is 5.04. The molecule has 0 amide bonds. The van der Waals surface area contributed by atoms with E-state index >= 15 is 0 Å². The molecule has 0 aromatic carbocycles. The third-order valence-corrected chi connectivity index (χ3v) is 3.90. The Balaban J connectivity index is 0.00000108. The number of hydrogen-bond acceptors (Lipinski definition) is 4. The summed E-state index contributed by atoms with van der Waals surface area (Å²) in [4.78, 5) is 0. The fourth-order valence-corrected chi connectivity index (χ4v) is 3.18. The molecule has 3 saturated heterocycles. The normalized spacial score (nSPS) is 46.1. The van der Waals surface area contributed by atoms with Crippen molar-refractivity contribution >= 4 is 0 Å². The number of hydrogen-bond donors (Lipinski definition) is 0. The van der Waals surface area contributed by atoms with Crippen molar-refractivity contribution in [2.75, 3.05) is 13.2 Å². The van der Waals surface area contributed by atoms with E-state index in [0.717, 1.165) is 25.7 Å². The zero-order chi connectivity index (χ0) is 11.0.